The van der Waals surface area contributed by atoms with Crippen LogP contribution in [0.1, 0.15) is 10.4 Å². The van der Waals surface area contributed by atoms with Gasteiger partial charge in [0, 0.05) is 27.6 Å². The van der Waals surface area contributed by atoms with Crippen molar-refractivity contribution in [3.05, 3.63) is 81.5 Å². The summed E-state index contributed by atoms with van der Waals surface area (Å²) in [6.45, 7) is 0.968. The number of para-hydroxylation sites is 1. The minimum atomic E-state index is -0.0273. The molecule has 0 saturated carbocycles. The molecule has 0 aliphatic rings. The molecule has 0 fully saturated rings. The number of aromatic nitrogens is 2. The highest BCUT2D eigenvalue weighted by molar-refractivity contribution is 7.99. The fraction of sp³-hybridized carbons (Fsp3) is 0.174. The lowest BCUT2D eigenvalue weighted by atomic mass is 10.2. The van der Waals surface area contributed by atoms with Gasteiger partial charge in [-0.3, -0.25) is 4.79 Å². The lowest BCUT2D eigenvalue weighted by Gasteiger charge is -2.23. The van der Waals surface area contributed by atoms with Gasteiger partial charge in [0.25, 0.3) is 5.22 Å². The Labute approximate surface area is 199 Å². The normalized spacial score (nSPS) is 10.8. The van der Waals surface area contributed by atoms with E-state index in [1.807, 2.05) is 58.8 Å². The number of thioether (sulfide) groups is 1. The monoisotopic (exact) mass is 485 g/mol. The van der Waals surface area contributed by atoms with Crippen LogP contribution in [-0.2, 0) is 17.9 Å². The van der Waals surface area contributed by atoms with Crippen molar-refractivity contribution in [3.63, 3.8) is 0 Å². The minimum absolute atomic E-state index is 0.0273. The molecule has 2 heterocycles. The number of nitrogens with zero attached hydrogens (tertiary/aromatic N) is 3. The number of hydrogen-bond acceptors (Lipinski definition) is 7. The van der Waals surface area contributed by atoms with Gasteiger partial charge in [-0.1, -0.05) is 47.6 Å². The highest BCUT2D eigenvalue weighted by Gasteiger charge is 2.19. The summed E-state index contributed by atoms with van der Waals surface area (Å²) in [6, 6.07) is 18.9. The second kappa shape index (κ2) is 10.7. The number of methoxy groups -OCH3 is 1. The molecular formula is C23H20ClN3O3S2. The van der Waals surface area contributed by atoms with Gasteiger partial charge in [0.1, 0.15) is 5.75 Å². The summed E-state index contributed by atoms with van der Waals surface area (Å²) in [5, 5.41) is 11.1. The van der Waals surface area contributed by atoms with Crippen LogP contribution in [0, 0.1) is 0 Å². The molecule has 0 aliphatic carbocycles. The van der Waals surface area contributed by atoms with Gasteiger partial charge in [0.15, 0.2) is 0 Å². The van der Waals surface area contributed by atoms with Crippen molar-refractivity contribution in [3.8, 4) is 17.2 Å². The van der Waals surface area contributed by atoms with Gasteiger partial charge in [0.2, 0.25) is 11.8 Å². The molecule has 4 aromatic rings. The van der Waals surface area contributed by atoms with Crippen LogP contribution in [-0.4, -0.2) is 33.9 Å². The topological polar surface area (TPSA) is 68.5 Å². The van der Waals surface area contributed by atoms with E-state index in [1.54, 1.807) is 30.6 Å². The number of ether oxygens (including phenoxy) is 1. The molecule has 1 amide bonds. The molecule has 0 bridgehead atoms. The van der Waals surface area contributed by atoms with Crippen molar-refractivity contribution in [1.29, 1.82) is 0 Å². The Kier molecular flexibility index (Phi) is 7.47. The standard InChI is InChI=1S/C23H20ClN3O3S2/c1-29-20-7-3-2-5-17(20)13-27(14-19-6-4-12-31-19)21(28)15-32-23-26-25-22(30-23)16-8-10-18(24)11-9-16/h2-12H,13-15H2,1H3. The lowest BCUT2D eigenvalue weighted by Crippen LogP contribution is -2.31. The van der Waals surface area contributed by atoms with Crippen LogP contribution in [0.4, 0.5) is 0 Å². The first-order valence-corrected chi connectivity index (χ1v) is 12.0. The van der Waals surface area contributed by atoms with Crippen LogP contribution in [0.3, 0.4) is 0 Å². The Hall–Kier alpha value is -2.81. The molecule has 0 N–H and O–H groups in total. The molecule has 0 unspecified atom stereocenters. The van der Waals surface area contributed by atoms with Gasteiger partial charge < -0.3 is 14.1 Å². The second-order valence-electron chi connectivity index (χ2n) is 6.81. The van der Waals surface area contributed by atoms with Gasteiger partial charge in [-0.2, -0.15) is 0 Å². The van der Waals surface area contributed by atoms with Crippen LogP contribution in [0.2, 0.25) is 5.02 Å². The van der Waals surface area contributed by atoms with E-state index in [9.17, 15) is 4.79 Å². The number of benzene rings is 2. The Morgan fingerprint density at radius 1 is 1.09 bits per heavy atom. The quantitative estimate of drug-likeness (QED) is 0.280. The van der Waals surface area contributed by atoms with Crippen LogP contribution >= 0.6 is 34.7 Å². The van der Waals surface area contributed by atoms with Crippen molar-refractivity contribution in [1.82, 2.24) is 15.1 Å². The van der Waals surface area contributed by atoms with Crippen LogP contribution < -0.4 is 4.74 Å². The predicted molar refractivity (Wildman–Crippen MR) is 127 cm³/mol. The summed E-state index contributed by atoms with van der Waals surface area (Å²) < 4.78 is 11.2. The van der Waals surface area contributed by atoms with Crippen LogP contribution in [0.15, 0.2) is 75.7 Å². The predicted octanol–water partition coefficient (Wildman–Crippen LogP) is 5.78. The highest BCUT2D eigenvalue weighted by atomic mass is 35.5. The van der Waals surface area contributed by atoms with Crippen molar-refractivity contribution < 1.29 is 13.9 Å². The summed E-state index contributed by atoms with van der Waals surface area (Å²) in [4.78, 5) is 16.1. The molecule has 0 aliphatic heterocycles. The molecule has 0 saturated heterocycles. The fourth-order valence-electron chi connectivity index (χ4n) is 3.05. The van der Waals surface area contributed by atoms with E-state index in [0.29, 0.717) is 29.2 Å². The molecule has 4 rings (SSSR count). The Morgan fingerprint density at radius 2 is 1.91 bits per heavy atom. The third-order valence-corrected chi connectivity index (χ3v) is 6.57. The number of carbonyl (C=O) groups is 1. The zero-order chi connectivity index (χ0) is 22.3. The zero-order valence-electron chi connectivity index (χ0n) is 17.2. The van der Waals surface area contributed by atoms with Gasteiger partial charge in [-0.05, 0) is 41.8 Å². The Morgan fingerprint density at radius 3 is 2.66 bits per heavy atom. The molecular weight excluding hydrogens is 466 g/mol. The van der Waals surface area contributed by atoms with E-state index in [0.717, 1.165) is 21.8 Å². The van der Waals surface area contributed by atoms with Crippen molar-refractivity contribution in [2.24, 2.45) is 0 Å². The molecule has 6 nitrogen and oxygen atoms in total. The SMILES string of the molecule is COc1ccccc1CN(Cc1cccs1)C(=O)CSc1nnc(-c2ccc(Cl)cc2)o1. The van der Waals surface area contributed by atoms with Gasteiger partial charge in [-0.25, -0.2) is 0 Å². The third kappa shape index (κ3) is 5.70. The fourth-order valence-corrected chi connectivity index (χ4v) is 4.57. The van der Waals surface area contributed by atoms with Gasteiger partial charge in [0.05, 0.1) is 19.4 Å². The minimum Gasteiger partial charge on any atom is -0.496 e. The number of rotatable bonds is 9. The Balaban J connectivity index is 1.44. The molecule has 2 aromatic heterocycles. The van der Waals surface area contributed by atoms with Crippen molar-refractivity contribution in [2.45, 2.75) is 18.3 Å². The van der Waals surface area contributed by atoms with E-state index in [4.69, 9.17) is 20.8 Å². The first kappa shape index (κ1) is 22.4. The maximum absolute atomic E-state index is 13.1. The second-order valence-corrected chi connectivity index (χ2v) is 9.20. The van der Waals surface area contributed by atoms with Crippen LogP contribution in [0.5, 0.6) is 5.75 Å². The van der Waals surface area contributed by atoms with Gasteiger partial charge in [-0.15, -0.1) is 21.5 Å². The number of carbonyl (C=O) groups excluding carboxylic acids is 1. The van der Waals surface area contributed by atoms with Gasteiger partial charge >= 0.3 is 0 Å². The molecule has 32 heavy (non-hydrogen) atoms. The number of halogens is 1. The van der Waals surface area contributed by atoms with Crippen LogP contribution in [0.25, 0.3) is 11.5 Å². The lowest BCUT2D eigenvalue weighted by molar-refractivity contribution is -0.129. The zero-order valence-corrected chi connectivity index (χ0v) is 19.6. The third-order valence-electron chi connectivity index (χ3n) is 4.65. The molecule has 164 valence electrons. The highest BCUT2D eigenvalue weighted by Crippen LogP contribution is 2.26. The molecule has 0 spiro atoms. The summed E-state index contributed by atoms with van der Waals surface area (Å²) in [5.41, 5.74) is 1.73. The summed E-state index contributed by atoms with van der Waals surface area (Å²) in [6.07, 6.45) is 0. The summed E-state index contributed by atoms with van der Waals surface area (Å²) >= 11 is 8.77. The van der Waals surface area contributed by atoms with E-state index in [1.165, 1.54) is 11.8 Å². The maximum Gasteiger partial charge on any atom is 0.277 e. The van der Waals surface area contributed by atoms with Crippen molar-refractivity contribution >= 4 is 40.6 Å². The number of hydrogen-bond donors (Lipinski definition) is 0. The summed E-state index contributed by atoms with van der Waals surface area (Å²) in [7, 11) is 1.63. The van der Waals surface area contributed by atoms with E-state index in [-0.39, 0.29) is 11.7 Å². The van der Waals surface area contributed by atoms with E-state index >= 15 is 0 Å². The van der Waals surface area contributed by atoms with Crippen molar-refractivity contribution in [2.75, 3.05) is 12.9 Å². The van der Waals surface area contributed by atoms with E-state index < -0.39 is 0 Å². The average Bonchev–Trinajstić information content (AvgIpc) is 3.50. The maximum atomic E-state index is 13.1. The molecule has 0 radical (unpaired) electrons. The largest absolute Gasteiger partial charge is 0.496 e. The van der Waals surface area contributed by atoms with E-state index in [2.05, 4.69) is 10.2 Å². The number of thiophene rings is 1. The molecule has 9 heteroatoms. The molecule has 0 atom stereocenters. The molecule has 2 aromatic carbocycles. The first-order valence-electron chi connectivity index (χ1n) is 9.76. The number of amides is 1. The first-order chi connectivity index (χ1) is 15.6. The summed E-state index contributed by atoms with van der Waals surface area (Å²) in [5.74, 6) is 1.30. The Bertz CT molecular complexity index is 1160. The smallest absolute Gasteiger partial charge is 0.277 e. The average molecular weight is 486 g/mol.